The van der Waals surface area contributed by atoms with Crippen molar-refractivity contribution in [1.29, 1.82) is 0 Å². The highest BCUT2D eigenvalue weighted by Crippen LogP contribution is 2.37. The minimum Gasteiger partial charge on any atom is -0.481 e. The zero-order valence-corrected chi connectivity index (χ0v) is 16.9. The molecule has 1 aliphatic rings. The zero-order valence-electron chi connectivity index (χ0n) is 16.9. The summed E-state index contributed by atoms with van der Waals surface area (Å²) in [5, 5.41) is 8.12. The van der Waals surface area contributed by atoms with Crippen molar-refractivity contribution >= 4 is 16.7 Å². The van der Waals surface area contributed by atoms with Crippen molar-refractivity contribution in [1.82, 2.24) is 25.1 Å². The number of aromatic amines is 1. The van der Waals surface area contributed by atoms with E-state index in [9.17, 15) is 0 Å². The molecule has 30 heavy (non-hydrogen) atoms. The van der Waals surface area contributed by atoms with E-state index in [0.717, 1.165) is 57.9 Å². The Morgan fingerprint density at radius 3 is 2.63 bits per heavy atom. The van der Waals surface area contributed by atoms with Crippen LogP contribution in [0.1, 0.15) is 5.56 Å². The largest absolute Gasteiger partial charge is 0.481 e. The molecule has 0 aromatic carbocycles. The molecule has 0 bridgehead atoms. The Morgan fingerprint density at radius 1 is 1.03 bits per heavy atom. The van der Waals surface area contributed by atoms with Crippen LogP contribution in [0.15, 0.2) is 42.9 Å². The highest BCUT2D eigenvalue weighted by Gasteiger charge is 2.20. The molecule has 4 aromatic heterocycles. The van der Waals surface area contributed by atoms with Crippen molar-refractivity contribution in [2.75, 3.05) is 38.3 Å². The minimum atomic E-state index is 0.619. The first kappa shape index (κ1) is 18.5. The Bertz CT molecular complexity index is 1190. The van der Waals surface area contributed by atoms with Gasteiger partial charge in [0.05, 0.1) is 26.0 Å². The van der Waals surface area contributed by atoms with Crippen LogP contribution in [-0.2, 0) is 4.74 Å². The summed E-state index contributed by atoms with van der Waals surface area (Å²) < 4.78 is 11.0. The molecule has 0 unspecified atom stereocenters. The molecule has 1 saturated heterocycles. The fraction of sp³-hybridized carbons (Fsp3) is 0.273. The molecule has 0 spiro atoms. The van der Waals surface area contributed by atoms with Gasteiger partial charge in [0.2, 0.25) is 5.88 Å². The smallest absolute Gasteiger partial charge is 0.216 e. The van der Waals surface area contributed by atoms with E-state index in [0.29, 0.717) is 19.1 Å². The van der Waals surface area contributed by atoms with Gasteiger partial charge in [-0.05, 0) is 42.3 Å². The van der Waals surface area contributed by atoms with E-state index in [1.54, 1.807) is 19.5 Å². The topological polar surface area (TPSA) is 89.0 Å². The SMILES string of the molecule is COc1nccc(-c2cc(N3CCOCC3)nc3c(-c4ccn[nH]4)nccc23)c1C. The summed E-state index contributed by atoms with van der Waals surface area (Å²) in [6, 6.07) is 8.08. The maximum absolute atomic E-state index is 5.54. The molecule has 1 aliphatic heterocycles. The summed E-state index contributed by atoms with van der Waals surface area (Å²) in [6.07, 6.45) is 5.31. The lowest BCUT2D eigenvalue weighted by Gasteiger charge is -2.28. The first-order valence-electron chi connectivity index (χ1n) is 9.88. The van der Waals surface area contributed by atoms with Crippen molar-refractivity contribution in [3.63, 3.8) is 0 Å². The highest BCUT2D eigenvalue weighted by atomic mass is 16.5. The number of aromatic nitrogens is 5. The van der Waals surface area contributed by atoms with E-state index in [1.165, 1.54) is 0 Å². The third kappa shape index (κ3) is 3.15. The van der Waals surface area contributed by atoms with Gasteiger partial charge in [-0.1, -0.05) is 0 Å². The van der Waals surface area contributed by atoms with Gasteiger partial charge in [0.25, 0.3) is 0 Å². The number of rotatable bonds is 4. The maximum Gasteiger partial charge on any atom is 0.216 e. The van der Waals surface area contributed by atoms with Gasteiger partial charge in [-0.2, -0.15) is 5.10 Å². The molecule has 0 radical (unpaired) electrons. The number of hydrogen-bond donors (Lipinski definition) is 1. The number of hydrogen-bond acceptors (Lipinski definition) is 7. The summed E-state index contributed by atoms with van der Waals surface area (Å²) >= 11 is 0. The molecule has 8 nitrogen and oxygen atoms in total. The van der Waals surface area contributed by atoms with Crippen LogP contribution in [0.2, 0.25) is 0 Å². The van der Waals surface area contributed by atoms with Crippen molar-refractivity contribution in [3.8, 4) is 28.4 Å². The van der Waals surface area contributed by atoms with Crippen LogP contribution in [0.25, 0.3) is 33.4 Å². The summed E-state index contributed by atoms with van der Waals surface area (Å²) in [5.41, 5.74) is 5.56. The summed E-state index contributed by atoms with van der Waals surface area (Å²) in [5.74, 6) is 1.53. The van der Waals surface area contributed by atoms with Crippen LogP contribution in [0.5, 0.6) is 5.88 Å². The number of anilines is 1. The van der Waals surface area contributed by atoms with Crippen LogP contribution in [-0.4, -0.2) is 58.6 Å². The van der Waals surface area contributed by atoms with Crippen LogP contribution >= 0.6 is 0 Å². The van der Waals surface area contributed by atoms with E-state index < -0.39 is 0 Å². The van der Waals surface area contributed by atoms with Gasteiger partial charge in [-0.3, -0.25) is 10.1 Å². The Balaban J connectivity index is 1.80. The molecule has 0 aliphatic carbocycles. The Hall–Kier alpha value is -3.52. The predicted molar refractivity (Wildman–Crippen MR) is 115 cm³/mol. The van der Waals surface area contributed by atoms with Crippen molar-refractivity contribution in [2.24, 2.45) is 0 Å². The molecule has 4 aromatic rings. The van der Waals surface area contributed by atoms with Gasteiger partial charge < -0.3 is 14.4 Å². The predicted octanol–water partition coefficient (Wildman–Crippen LogP) is 3.24. The number of morpholine rings is 1. The Morgan fingerprint density at radius 2 is 1.87 bits per heavy atom. The summed E-state index contributed by atoms with van der Waals surface area (Å²) in [4.78, 5) is 16.2. The second kappa shape index (κ2) is 7.72. The monoisotopic (exact) mass is 402 g/mol. The number of fused-ring (bicyclic) bond motifs is 1. The van der Waals surface area contributed by atoms with E-state index in [1.807, 2.05) is 31.3 Å². The van der Waals surface area contributed by atoms with Crippen LogP contribution in [0.3, 0.4) is 0 Å². The average molecular weight is 402 g/mol. The fourth-order valence-corrected chi connectivity index (χ4v) is 3.91. The van der Waals surface area contributed by atoms with Crippen molar-refractivity contribution in [2.45, 2.75) is 6.92 Å². The second-order valence-corrected chi connectivity index (χ2v) is 7.15. The lowest BCUT2D eigenvalue weighted by Crippen LogP contribution is -2.36. The maximum atomic E-state index is 5.54. The standard InChI is InChI=1S/C22H22N6O2/c1-14-15(3-7-24-22(14)29-2)17-13-19(28-9-11-30-12-10-28)26-20-16(17)4-6-23-21(20)18-5-8-25-27-18/h3-8,13H,9-12H2,1-2H3,(H,25,27). The molecule has 0 saturated carbocycles. The van der Waals surface area contributed by atoms with Gasteiger partial charge in [0.15, 0.2) is 0 Å². The molecule has 1 N–H and O–H groups in total. The van der Waals surface area contributed by atoms with E-state index in [4.69, 9.17) is 14.5 Å². The number of nitrogens with zero attached hydrogens (tertiary/aromatic N) is 5. The first-order chi connectivity index (χ1) is 14.8. The van der Waals surface area contributed by atoms with Gasteiger partial charge in [0.1, 0.15) is 17.0 Å². The normalized spacial score (nSPS) is 14.3. The molecule has 5 heterocycles. The fourth-order valence-electron chi connectivity index (χ4n) is 3.91. The van der Waals surface area contributed by atoms with Crippen LogP contribution in [0, 0.1) is 6.92 Å². The Labute approximate surface area is 173 Å². The molecule has 152 valence electrons. The first-order valence-corrected chi connectivity index (χ1v) is 9.88. The molecule has 5 rings (SSSR count). The van der Waals surface area contributed by atoms with Gasteiger partial charge in [0, 0.05) is 42.6 Å². The van der Waals surface area contributed by atoms with Gasteiger partial charge in [-0.25, -0.2) is 9.97 Å². The molecule has 1 fully saturated rings. The number of methoxy groups -OCH3 is 1. The highest BCUT2D eigenvalue weighted by molar-refractivity contribution is 6.02. The van der Waals surface area contributed by atoms with Gasteiger partial charge in [-0.15, -0.1) is 0 Å². The molecular weight excluding hydrogens is 380 g/mol. The second-order valence-electron chi connectivity index (χ2n) is 7.15. The summed E-state index contributed by atoms with van der Waals surface area (Å²) in [7, 11) is 1.64. The average Bonchev–Trinajstić information content (AvgIpc) is 3.33. The van der Waals surface area contributed by atoms with Crippen molar-refractivity contribution in [3.05, 3.63) is 48.4 Å². The number of nitrogens with one attached hydrogen (secondary N) is 1. The quantitative estimate of drug-likeness (QED) is 0.560. The van der Waals surface area contributed by atoms with E-state index in [-0.39, 0.29) is 0 Å². The number of ether oxygens (including phenoxy) is 2. The number of pyridine rings is 3. The van der Waals surface area contributed by atoms with E-state index >= 15 is 0 Å². The molecule has 8 heteroatoms. The van der Waals surface area contributed by atoms with E-state index in [2.05, 4.69) is 31.1 Å². The molecule has 0 amide bonds. The van der Waals surface area contributed by atoms with Crippen molar-refractivity contribution < 1.29 is 9.47 Å². The third-order valence-electron chi connectivity index (χ3n) is 5.45. The summed E-state index contributed by atoms with van der Waals surface area (Å²) in [6.45, 7) is 5.01. The lowest BCUT2D eigenvalue weighted by atomic mass is 9.97. The Kier molecular flexibility index (Phi) is 4.76. The van der Waals surface area contributed by atoms with Crippen LogP contribution in [0.4, 0.5) is 5.82 Å². The zero-order chi connectivity index (χ0) is 20.5. The van der Waals surface area contributed by atoms with Gasteiger partial charge >= 0.3 is 0 Å². The number of H-pyrrole nitrogens is 1. The third-order valence-corrected chi connectivity index (χ3v) is 5.45. The molecule has 0 atom stereocenters. The molecular formula is C22H22N6O2. The van der Waals surface area contributed by atoms with Crippen LogP contribution < -0.4 is 9.64 Å². The lowest BCUT2D eigenvalue weighted by molar-refractivity contribution is 0.122. The minimum absolute atomic E-state index is 0.619.